The van der Waals surface area contributed by atoms with Crippen molar-refractivity contribution in [2.75, 3.05) is 0 Å². The third-order valence-electron chi connectivity index (χ3n) is 3.67. The van der Waals surface area contributed by atoms with E-state index in [4.69, 9.17) is 0 Å². The van der Waals surface area contributed by atoms with E-state index in [2.05, 4.69) is 0 Å². The van der Waals surface area contributed by atoms with Crippen LogP contribution in [0, 0.1) is 0 Å². The van der Waals surface area contributed by atoms with E-state index in [1.807, 2.05) is 0 Å². The summed E-state index contributed by atoms with van der Waals surface area (Å²) in [5, 5.41) is 0. The largest absolute Gasteiger partial charge is 0.266 e. The van der Waals surface area contributed by atoms with Crippen LogP contribution in [0.5, 0.6) is 0 Å². The maximum atomic E-state index is 13.1. The molecule has 0 unspecified atom stereocenters. The Hall–Kier alpha value is -2.18. The van der Waals surface area contributed by atoms with E-state index in [1.165, 1.54) is 72.8 Å². The normalized spacial score (nSPS) is 12.7. The van der Waals surface area contributed by atoms with E-state index in [1.54, 1.807) is 18.2 Å². The Balaban J connectivity index is 2.18. The summed E-state index contributed by atoms with van der Waals surface area (Å²) in [4.78, 5) is -0.924. The zero-order valence-electron chi connectivity index (χ0n) is 14.7. The molecular weight excluding hydrogens is 454 g/mol. The van der Waals surface area contributed by atoms with E-state index in [9.17, 15) is 25.3 Å². The highest BCUT2D eigenvalue weighted by atomic mass is 33.1. The lowest BCUT2D eigenvalue weighted by atomic mass is 10.4. The zero-order valence-corrected chi connectivity index (χ0v) is 18.0. The van der Waals surface area contributed by atoms with E-state index in [-0.39, 0.29) is 28.8 Å². The molecule has 11 heteroatoms. The summed E-state index contributed by atoms with van der Waals surface area (Å²) >= 11 is 0. The second-order valence-electron chi connectivity index (χ2n) is 5.64. The summed E-state index contributed by atoms with van der Waals surface area (Å²) < 4.78 is 78.0. The van der Waals surface area contributed by atoms with Crippen LogP contribution in [0.1, 0.15) is 0 Å². The molecule has 0 atom stereocenters. The number of hydrogen-bond acceptors (Lipinski definition) is 7. The van der Waals surface area contributed by atoms with Gasteiger partial charge in [0, 0.05) is 0 Å². The van der Waals surface area contributed by atoms with Crippen molar-refractivity contribution in [2.45, 2.75) is 14.7 Å². The Morgan fingerprint density at radius 2 is 0.793 bits per heavy atom. The first kappa shape index (κ1) is 21.5. The average molecular weight is 470 g/mol. The second-order valence-corrected chi connectivity index (χ2v) is 13.6. The first-order valence-corrected chi connectivity index (χ1v) is 13.7. The van der Waals surface area contributed by atoms with Crippen LogP contribution >= 0.6 is 11.0 Å². The van der Waals surface area contributed by atoms with Crippen molar-refractivity contribution in [3.63, 3.8) is 0 Å². The number of rotatable bonds is 7. The molecule has 7 nitrogen and oxygen atoms in total. The Morgan fingerprint density at radius 1 is 0.483 bits per heavy atom. The van der Waals surface area contributed by atoms with Gasteiger partial charge in [-0.3, -0.25) is 0 Å². The molecule has 0 aliphatic heterocycles. The van der Waals surface area contributed by atoms with Crippen LogP contribution in [0.2, 0.25) is 0 Å². The Kier molecular flexibility index (Phi) is 6.15. The van der Waals surface area contributed by atoms with Gasteiger partial charge < -0.3 is 0 Å². The molecule has 0 heterocycles. The summed E-state index contributed by atoms with van der Waals surface area (Å²) in [5.41, 5.74) is 0. The predicted octanol–water partition coefficient (Wildman–Crippen LogP) is 3.10. The SMILES string of the molecule is O=S(=O)(SN(S(=O)(=O)c1ccccc1)S(=O)(=O)c1ccccc1)c1ccccc1. The van der Waals surface area contributed by atoms with Gasteiger partial charge >= 0.3 is 0 Å². The van der Waals surface area contributed by atoms with Crippen molar-refractivity contribution in [1.82, 2.24) is 3.12 Å². The van der Waals surface area contributed by atoms with Crippen LogP contribution in [-0.2, 0) is 28.9 Å². The van der Waals surface area contributed by atoms with Gasteiger partial charge in [-0.25, -0.2) is 25.3 Å². The van der Waals surface area contributed by atoms with Crippen molar-refractivity contribution in [2.24, 2.45) is 0 Å². The maximum absolute atomic E-state index is 13.1. The van der Waals surface area contributed by atoms with Crippen LogP contribution in [0.25, 0.3) is 0 Å². The van der Waals surface area contributed by atoms with Crippen LogP contribution in [0.3, 0.4) is 0 Å². The number of sulfonamides is 2. The minimum absolute atomic E-state index is 0.0486. The van der Waals surface area contributed by atoms with E-state index in [0.29, 0.717) is 0 Å². The summed E-state index contributed by atoms with van der Waals surface area (Å²) in [6.45, 7) is 0. The molecule has 0 bridgehead atoms. The first-order chi connectivity index (χ1) is 13.7. The highest BCUT2D eigenvalue weighted by molar-refractivity contribution is 8.73. The molecule has 0 spiro atoms. The van der Waals surface area contributed by atoms with Gasteiger partial charge in [0.05, 0.1) is 25.7 Å². The molecule has 0 aliphatic carbocycles. The quantitative estimate of drug-likeness (QED) is 0.387. The van der Waals surface area contributed by atoms with Gasteiger partial charge in [-0.15, -0.1) is 0 Å². The molecule has 0 radical (unpaired) electrons. The van der Waals surface area contributed by atoms with E-state index < -0.39 is 28.9 Å². The molecule has 152 valence electrons. The average Bonchev–Trinajstić information content (AvgIpc) is 2.74. The lowest BCUT2D eigenvalue weighted by molar-refractivity contribution is 0.554. The molecule has 3 aromatic rings. The van der Waals surface area contributed by atoms with Crippen molar-refractivity contribution < 1.29 is 25.3 Å². The standard InChI is InChI=1S/C18H15NO6S4/c20-27(21,16-10-4-1-5-11-16)19(28(22,23)17-12-6-2-7-13-17)26-29(24,25)18-14-8-3-9-15-18/h1-15H. The van der Waals surface area contributed by atoms with E-state index in [0.717, 1.165) is 0 Å². The van der Waals surface area contributed by atoms with Crippen molar-refractivity contribution in [3.8, 4) is 0 Å². The van der Waals surface area contributed by atoms with Crippen molar-refractivity contribution >= 4 is 39.9 Å². The van der Waals surface area contributed by atoms with Crippen LogP contribution in [0.4, 0.5) is 0 Å². The Morgan fingerprint density at radius 3 is 1.14 bits per heavy atom. The van der Waals surface area contributed by atoms with Gasteiger partial charge in [0.2, 0.25) is 8.87 Å². The molecule has 0 saturated carbocycles. The van der Waals surface area contributed by atoms with Gasteiger partial charge in [-0.2, -0.15) is 0 Å². The van der Waals surface area contributed by atoms with Crippen LogP contribution in [0.15, 0.2) is 106 Å². The fourth-order valence-electron chi connectivity index (χ4n) is 2.28. The highest BCUT2D eigenvalue weighted by Gasteiger charge is 2.41. The number of benzene rings is 3. The van der Waals surface area contributed by atoms with Gasteiger partial charge in [-0.1, -0.05) is 54.6 Å². The van der Waals surface area contributed by atoms with E-state index >= 15 is 0 Å². The Bertz CT molecular complexity index is 1220. The fraction of sp³-hybridized carbons (Fsp3) is 0. The minimum Gasteiger partial charge on any atom is -0.211 e. The molecule has 0 amide bonds. The van der Waals surface area contributed by atoms with Crippen molar-refractivity contribution in [1.29, 1.82) is 0 Å². The van der Waals surface area contributed by atoms with Crippen LogP contribution in [-0.4, -0.2) is 28.4 Å². The lowest BCUT2D eigenvalue weighted by Gasteiger charge is -2.20. The molecule has 29 heavy (non-hydrogen) atoms. The molecule has 0 aromatic heterocycles. The third kappa shape index (κ3) is 4.54. The van der Waals surface area contributed by atoms with Gasteiger partial charge in [0.15, 0.2) is 0 Å². The summed E-state index contributed by atoms with van der Waals surface area (Å²) in [6, 6.07) is 20.5. The summed E-state index contributed by atoms with van der Waals surface area (Å²) in [5.74, 6) is 0. The molecule has 0 aliphatic rings. The predicted molar refractivity (Wildman–Crippen MR) is 110 cm³/mol. The minimum atomic E-state index is -4.72. The molecule has 0 saturated heterocycles. The summed E-state index contributed by atoms with van der Waals surface area (Å²) in [6.07, 6.45) is 0. The smallest absolute Gasteiger partial charge is 0.211 e. The van der Waals surface area contributed by atoms with Crippen molar-refractivity contribution in [3.05, 3.63) is 91.0 Å². The molecule has 3 rings (SSSR count). The topological polar surface area (TPSA) is 106 Å². The molecular formula is C18H15NO6S4. The fourth-order valence-corrected chi connectivity index (χ4v) is 11.0. The van der Waals surface area contributed by atoms with Gasteiger partial charge in [-0.05, 0) is 39.5 Å². The maximum Gasteiger partial charge on any atom is 0.266 e. The molecule has 0 N–H and O–H groups in total. The third-order valence-corrected chi connectivity index (χ3v) is 12.3. The van der Waals surface area contributed by atoms with Gasteiger partial charge in [0.25, 0.3) is 20.0 Å². The molecule has 0 fully saturated rings. The zero-order chi connectivity index (χ0) is 21.1. The highest BCUT2D eigenvalue weighted by Crippen LogP contribution is 2.36. The van der Waals surface area contributed by atoms with Crippen LogP contribution < -0.4 is 0 Å². The monoisotopic (exact) mass is 469 g/mol. The lowest BCUT2D eigenvalue weighted by Crippen LogP contribution is -2.32. The Labute approximate surface area is 173 Å². The molecule has 3 aromatic carbocycles. The number of hydrogen-bond donors (Lipinski definition) is 0. The number of nitrogens with zero attached hydrogens (tertiary/aromatic N) is 1. The summed E-state index contributed by atoms with van der Waals surface area (Å²) in [7, 11) is -14.1. The first-order valence-electron chi connectivity index (χ1n) is 8.06. The van der Waals surface area contributed by atoms with Gasteiger partial charge in [0.1, 0.15) is 0 Å². The second kappa shape index (κ2) is 8.28.